The summed E-state index contributed by atoms with van der Waals surface area (Å²) in [5.41, 5.74) is 1.92. The number of aromatic nitrogens is 1. The first kappa shape index (κ1) is 17.6. The van der Waals surface area contributed by atoms with E-state index in [-0.39, 0.29) is 13.1 Å². The fraction of sp³-hybridized carbons (Fsp3) is 0.158. The molecule has 0 radical (unpaired) electrons. The van der Waals surface area contributed by atoms with Gasteiger partial charge >= 0.3 is 17.8 Å². The molecule has 0 atom stereocenters. The van der Waals surface area contributed by atoms with Gasteiger partial charge in [0.05, 0.1) is 29.3 Å². The molecule has 1 aromatic carbocycles. The molecule has 2 aromatic heterocycles. The number of nitrogens with zero attached hydrogens (tertiary/aromatic N) is 3. The van der Waals surface area contributed by atoms with Gasteiger partial charge in [-0.1, -0.05) is 35.9 Å². The van der Waals surface area contributed by atoms with Gasteiger partial charge in [0, 0.05) is 10.3 Å². The SMILES string of the molecule is Cc1c(Cl)c(CN2C(=O)C(=O)N(Cc3cccs3)C2=O)nc2ccccc12. The molecule has 1 aliphatic heterocycles. The Morgan fingerprint density at radius 2 is 1.70 bits per heavy atom. The number of rotatable bonds is 4. The van der Waals surface area contributed by atoms with E-state index in [9.17, 15) is 14.4 Å². The standard InChI is InChI=1S/C19H14ClN3O3S/c1-11-13-6-2-3-7-14(13)21-15(16(11)20)10-23-18(25)17(24)22(19(23)26)9-12-5-4-8-27-12/h2-8H,9-10H2,1H3. The number of benzene rings is 1. The second-order valence-electron chi connectivity index (χ2n) is 6.16. The summed E-state index contributed by atoms with van der Waals surface area (Å²) < 4.78 is 0. The number of fused-ring (bicyclic) bond motifs is 1. The van der Waals surface area contributed by atoms with Crippen LogP contribution < -0.4 is 0 Å². The van der Waals surface area contributed by atoms with Gasteiger partial charge < -0.3 is 0 Å². The molecule has 1 fully saturated rings. The zero-order valence-corrected chi connectivity index (χ0v) is 15.9. The van der Waals surface area contributed by atoms with E-state index in [2.05, 4.69) is 4.98 Å². The molecule has 1 saturated heterocycles. The maximum absolute atomic E-state index is 12.7. The summed E-state index contributed by atoms with van der Waals surface area (Å²) in [6, 6.07) is 10.5. The molecule has 0 N–H and O–H groups in total. The molecule has 4 rings (SSSR count). The molecular weight excluding hydrogens is 386 g/mol. The number of carbonyl (C=O) groups is 3. The van der Waals surface area contributed by atoms with Crippen molar-refractivity contribution in [3.05, 3.63) is 62.9 Å². The van der Waals surface area contributed by atoms with Crippen molar-refractivity contribution < 1.29 is 14.4 Å². The van der Waals surface area contributed by atoms with E-state index >= 15 is 0 Å². The van der Waals surface area contributed by atoms with Crippen molar-refractivity contribution in [3.8, 4) is 0 Å². The van der Waals surface area contributed by atoms with Gasteiger partial charge in [-0.05, 0) is 30.0 Å². The van der Waals surface area contributed by atoms with Crippen LogP contribution in [0.1, 0.15) is 16.1 Å². The molecule has 0 unspecified atom stereocenters. The largest absolute Gasteiger partial charge is 0.334 e. The van der Waals surface area contributed by atoms with Crippen LogP contribution in [0.15, 0.2) is 41.8 Å². The second kappa shape index (κ2) is 6.75. The lowest BCUT2D eigenvalue weighted by atomic mass is 10.1. The fourth-order valence-electron chi connectivity index (χ4n) is 3.06. The van der Waals surface area contributed by atoms with Crippen LogP contribution in [-0.4, -0.2) is 32.6 Å². The van der Waals surface area contributed by atoms with Crippen LogP contribution >= 0.6 is 22.9 Å². The molecule has 4 amide bonds. The van der Waals surface area contributed by atoms with E-state index in [0.717, 1.165) is 31.1 Å². The third-order valence-corrected chi connectivity index (χ3v) is 5.85. The van der Waals surface area contributed by atoms with Gasteiger partial charge in [-0.15, -0.1) is 11.3 Å². The Labute approximate surface area is 164 Å². The van der Waals surface area contributed by atoms with E-state index in [0.29, 0.717) is 10.7 Å². The molecule has 8 heteroatoms. The van der Waals surface area contributed by atoms with Crippen LogP contribution in [0.4, 0.5) is 4.79 Å². The third kappa shape index (κ3) is 2.98. The Kier molecular flexibility index (Phi) is 4.41. The van der Waals surface area contributed by atoms with Crippen molar-refractivity contribution in [1.82, 2.24) is 14.8 Å². The first-order valence-electron chi connectivity index (χ1n) is 8.21. The highest BCUT2D eigenvalue weighted by molar-refractivity contribution is 7.09. The number of urea groups is 1. The first-order chi connectivity index (χ1) is 13.0. The van der Waals surface area contributed by atoms with Gasteiger partial charge in [-0.25, -0.2) is 14.7 Å². The molecule has 27 heavy (non-hydrogen) atoms. The number of aryl methyl sites for hydroxylation is 1. The molecule has 1 aliphatic rings. The molecule has 0 aliphatic carbocycles. The summed E-state index contributed by atoms with van der Waals surface area (Å²) in [5.74, 6) is -1.69. The molecule has 3 aromatic rings. The van der Waals surface area contributed by atoms with Crippen molar-refractivity contribution in [2.75, 3.05) is 0 Å². The van der Waals surface area contributed by atoms with E-state index in [1.807, 2.05) is 48.7 Å². The number of pyridine rings is 1. The number of amides is 4. The van der Waals surface area contributed by atoms with E-state index in [1.54, 1.807) is 0 Å². The third-order valence-electron chi connectivity index (χ3n) is 4.48. The van der Waals surface area contributed by atoms with Gasteiger partial charge in [0.15, 0.2) is 0 Å². The van der Waals surface area contributed by atoms with Crippen LogP contribution in [0, 0.1) is 6.92 Å². The predicted molar refractivity (Wildman–Crippen MR) is 102 cm³/mol. The first-order valence-corrected chi connectivity index (χ1v) is 9.46. The zero-order chi connectivity index (χ0) is 19.1. The lowest BCUT2D eigenvalue weighted by Gasteiger charge is -2.16. The Morgan fingerprint density at radius 3 is 2.41 bits per heavy atom. The van der Waals surface area contributed by atoms with Gasteiger partial charge in [-0.3, -0.25) is 14.5 Å². The van der Waals surface area contributed by atoms with Crippen LogP contribution in [0.2, 0.25) is 5.02 Å². The number of hydrogen-bond donors (Lipinski definition) is 0. The van der Waals surface area contributed by atoms with Crippen molar-refractivity contribution in [1.29, 1.82) is 0 Å². The Bertz CT molecular complexity index is 1080. The smallest absolute Gasteiger partial charge is 0.263 e. The number of carbonyl (C=O) groups excluding carboxylic acids is 3. The minimum absolute atomic E-state index is 0.0789. The Hall–Kier alpha value is -2.77. The zero-order valence-electron chi connectivity index (χ0n) is 14.3. The Morgan fingerprint density at radius 1 is 1.00 bits per heavy atom. The minimum Gasteiger partial charge on any atom is -0.263 e. The van der Waals surface area contributed by atoms with E-state index in [4.69, 9.17) is 11.6 Å². The quantitative estimate of drug-likeness (QED) is 0.495. The monoisotopic (exact) mass is 399 g/mol. The highest BCUT2D eigenvalue weighted by atomic mass is 35.5. The Balaban J connectivity index is 1.65. The number of halogens is 1. The topological polar surface area (TPSA) is 70.6 Å². The molecule has 0 spiro atoms. The van der Waals surface area contributed by atoms with Crippen molar-refractivity contribution in [3.63, 3.8) is 0 Å². The highest BCUT2D eigenvalue weighted by Gasteiger charge is 2.44. The van der Waals surface area contributed by atoms with Crippen molar-refractivity contribution in [2.45, 2.75) is 20.0 Å². The number of imide groups is 2. The number of hydrogen-bond acceptors (Lipinski definition) is 5. The second-order valence-corrected chi connectivity index (χ2v) is 7.57. The van der Waals surface area contributed by atoms with Crippen LogP contribution in [-0.2, 0) is 22.7 Å². The van der Waals surface area contributed by atoms with Gasteiger partial charge in [-0.2, -0.15) is 0 Å². The van der Waals surface area contributed by atoms with Gasteiger partial charge in [0.25, 0.3) is 0 Å². The van der Waals surface area contributed by atoms with Crippen LogP contribution in [0.3, 0.4) is 0 Å². The normalized spacial score (nSPS) is 14.7. The molecule has 6 nitrogen and oxygen atoms in total. The number of para-hydroxylation sites is 1. The predicted octanol–water partition coefficient (Wildman–Crippen LogP) is 3.75. The maximum Gasteiger partial charge on any atom is 0.334 e. The van der Waals surface area contributed by atoms with Crippen LogP contribution in [0.5, 0.6) is 0 Å². The van der Waals surface area contributed by atoms with Gasteiger partial charge in [0.2, 0.25) is 0 Å². The molecule has 0 bridgehead atoms. The maximum atomic E-state index is 12.7. The molecular formula is C19H14ClN3O3S. The molecule has 3 heterocycles. The summed E-state index contributed by atoms with van der Waals surface area (Å²) in [7, 11) is 0. The van der Waals surface area contributed by atoms with E-state index in [1.165, 1.54) is 11.3 Å². The summed E-state index contributed by atoms with van der Waals surface area (Å²) in [4.78, 5) is 44.5. The average Bonchev–Trinajstić information content (AvgIpc) is 3.25. The van der Waals surface area contributed by atoms with Crippen LogP contribution in [0.25, 0.3) is 10.9 Å². The highest BCUT2D eigenvalue weighted by Crippen LogP contribution is 2.29. The summed E-state index contributed by atoms with van der Waals surface area (Å²) in [5, 5.41) is 3.14. The lowest BCUT2D eigenvalue weighted by Crippen LogP contribution is -2.33. The summed E-state index contributed by atoms with van der Waals surface area (Å²) in [6.07, 6.45) is 0. The average molecular weight is 400 g/mol. The molecule has 0 saturated carbocycles. The number of thiophene rings is 1. The fourth-order valence-corrected chi connectivity index (χ4v) is 3.96. The van der Waals surface area contributed by atoms with Crippen molar-refractivity contribution >= 4 is 51.7 Å². The van der Waals surface area contributed by atoms with Crippen molar-refractivity contribution in [2.24, 2.45) is 0 Å². The summed E-state index contributed by atoms with van der Waals surface area (Å²) >= 11 is 7.84. The van der Waals surface area contributed by atoms with Gasteiger partial charge in [0.1, 0.15) is 0 Å². The van der Waals surface area contributed by atoms with E-state index < -0.39 is 17.8 Å². The molecule has 136 valence electrons. The summed E-state index contributed by atoms with van der Waals surface area (Å²) in [6.45, 7) is 1.79. The minimum atomic E-state index is -0.861. The lowest BCUT2D eigenvalue weighted by molar-refractivity contribution is -0.143.